The predicted octanol–water partition coefficient (Wildman–Crippen LogP) is 3.51. The maximum atomic E-state index is 5.75. The summed E-state index contributed by atoms with van der Waals surface area (Å²) in [6.07, 6.45) is 2.33. The van der Waals surface area contributed by atoms with E-state index < -0.39 is 0 Å². The first-order chi connectivity index (χ1) is 8.65. The first-order valence-electron chi connectivity index (χ1n) is 6.43. The lowest BCUT2D eigenvalue weighted by molar-refractivity contribution is 0.437. The van der Waals surface area contributed by atoms with Crippen LogP contribution in [0.25, 0.3) is 10.2 Å². The Kier molecular flexibility index (Phi) is 4.01. The van der Waals surface area contributed by atoms with Gasteiger partial charge in [0.25, 0.3) is 0 Å². The summed E-state index contributed by atoms with van der Waals surface area (Å²) in [6, 6.07) is 2.43. The van der Waals surface area contributed by atoms with Crippen LogP contribution in [0.1, 0.15) is 33.6 Å². The van der Waals surface area contributed by atoms with Crippen LogP contribution in [0.15, 0.2) is 11.4 Å². The van der Waals surface area contributed by atoms with Crippen molar-refractivity contribution in [3.63, 3.8) is 0 Å². The fraction of sp³-hybridized carbons (Fsp3) is 0.538. The summed E-state index contributed by atoms with van der Waals surface area (Å²) < 4.78 is 0. The zero-order chi connectivity index (χ0) is 13.1. The van der Waals surface area contributed by atoms with Gasteiger partial charge in [0.2, 0.25) is 5.95 Å². The molecule has 3 N–H and O–H groups in total. The molecule has 0 aliphatic carbocycles. The average molecular weight is 264 g/mol. The molecule has 4 nitrogen and oxygen atoms in total. The van der Waals surface area contributed by atoms with Crippen LogP contribution in [0.2, 0.25) is 0 Å². The highest BCUT2D eigenvalue weighted by Gasteiger charge is 2.16. The average Bonchev–Trinajstić information content (AvgIpc) is 2.78. The molecule has 0 aliphatic heterocycles. The van der Waals surface area contributed by atoms with E-state index in [0.29, 0.717) is 17.9 Å². The van der Waals surface area contributed by atoms with Gasteiger partial charge in [-0.3, -0.25) is 0 Å². The molecule has 0 spiro atoms. The van der Waals surface area contributed by atoms with E-state index >= 15 is 0 Å². The van der Waals surface area contributed by atoms with Gasteiger partial charge in [-0.15, -0.1) is 11.3 Å². The third kappa shape index (κ3) is 2.56. The standard InChI is InChI=1S/C13H20N4S/c1-4-9(5-2)8(3)15-11-10-6-7-18-12(10)17-13(14)16-11/h6-9H,4-5H2,1-3H3,(H3,14,15,16,17). The van der Waals surface area contributed by atoms with Crippen LogP contribution < -0.4 is 11.1 Å². The van der Waals surface area contributed by atoms with Gasteiger partial charge in [-0.2, -0.15) is 4.98 Å². The van der Waals surface area contributed by atoms with E-state index in [9.17, 15) is 0 Å². The van der Waals surface area contributed by atoms with Gasteiger partial charge in [0.1, 0.15) is 10.6 Å². The molecular weight excluding hydrogens is 244 g/mol. The zero-order valence-electron chi connectivity index (χ0n) is 11.1. The Balaban J connectivity index is 2.28. The number of aromatic nitrogens is 2. The van der Waals surface area contributed by atoms with Crippen LogP contribution in [0.4, 0.5) is 11.8 Å². The van der Waals surface area contributed by atoms with E-state index in [2.05, 4.69) is 36.1 Å². The summed E-state index contributed by atoms with van der Waals surface area (Å²) >= 11 is 1.59. The SMILES string of the molecule is CCC(CC)C(C)Nc1nc(N)nc2sccc12. The quantitative estimate of drug-likeness (QED) is 0.867. The number of anilines is 2. The Hall–Kier alpha value is -1.36. The number of hydrogen-bond acceptors (Lipinski definition) is 5. The molecule has 0 amide bonds. The van der Waals surface area contributed by atoms with Gasteiger partial charge in [-0.1, -0.05) is 26.7 Å². The summed E-state index contributed by atoms with van der Waals surface area (Å²) in [4.78, 5) is 9.51. The van der Waals surface area contributed by atoms with Crippen LogP contribution in [0.3, 0.4) is 0 Å². The second-order valence-electron chi connectivity index (χ2n) is 4.58. The first kappa shape index (κ1) is 13.1. The zero-order valence-corrected chi connectivity index (χ0v) is 11.9. The Labute approximate surface area is 112 Å². The number of nitrogens with two attached hydrogens (primary N) is 1. The molecule has 0 radical (unpaired) electrons. The lowest BCUT2D eigenvalue weighted by atomic mass is 9.95. The minimum atomic E-state index is 0.337. The number of thiophene rings is 1. The molecule has 0 bridgehead atoms. The molecule has 98 valence electrons. The number of nitrogen functional groups attached to an aromatic ring is 1. The van der Waals surface area contributed by atoms with Crippen LogP contribution in [0.5, 0.6) is 0 Å². The minimum Gasteiger partial charge on any atom is -0.368 e. The van der Waals surface area contributed by atoms with Crippen molar-refractivity contribution >= 4 is 33.3 Å². The van der Waals surface area contributed by atoms with Gasteiger partial charge in [0.15, 0.2) is 0 Å². The second kappa shape index (κ2) is 5.52. The molecule has 2 aromatic rings. The van der Waals surface area contributed by atoms with Crippen LogP contribution in [-0.4, -0.2) is 16.0 Å². The maximum Gasteiger partial charge on any atom is 0.223 e. The van der Waals surface area contributed by atoms with Crippen LogP contribution >= 0.6 is 11.3 Å². The van der Waals surface area contributed by atoms with Crippen molar-refractivity contribution in [2.45, 2.75) is 39.7 Å². The third-order valence-electron chi connectivity index (χ3n) is 3.46. The summed E-state index contributed by atoms with van der Waals surface area (Å²) in [5, 5.41) is 6.57. The summed E-state index contributed by atoms with van der Waals surface area (Å²) in [6.45, 7) is 6.65. The molecule has 2 heterocycles. The smallest absolute Gasteiger partial charge is 0.223 e. The van der Waals surface area contributed by atoms with Crippen LogP contribution in [-0.2, 0) is 0 Å². The third-order valence-corrected chi connectivity index (χ3v) is 4.27. The molecular formula is C13H20N4S. The molecule has 0 fully saturated rings. The fourth-order valence-corrected chi connectivity index (χ4v) is 3.08. The predicted molar refractivity (Wildman–Crippen MR) is 79.0 cm³/mol. The molecule has 1 unspecified atom stereocenters. The normalized spacial score (nSPS) is 13.1. The minimum absolute atomic E-state index is 0.337. The van der Waals surface area contributed by atoms with Crippen molar-refractivity contribution in [2.75, 3.05) is 11.1 Å². The Bertz CT molecular complexity index is 519. The van der Waals surface area contributed by atoms with E-state index in [-0.39, 0.29) is 0 Å². The largest absolute Gasteiger partial charge is 0.368 e. The number of fused-ring (bicyclic) bond motifs is 1. The summed E-state index contributed by atoms with van der Waals surface area (Å²) in [5.74, 6) is 1.84. The molecule has 0 aliphatic rings. The second-order valence-corrected chi connectivity index (χ2v) is 5.47. The summed E-state index contributed by atoms with van der Waals surface area (Å²) in [7, 11) is 0. The Morgan fingerprint density at radius 1 is 1.33 bits per heavy atom. The Morgan fingerprint density at radius 2 is 2.06 bits per heavy atom. The number of nitrogens with one attached hydrogen (secondary N) is 1. The number of rotatable bonds is 5. The molecule has 2 aromatic heterocycles. The Morgan fingerprint density at radius 3 is 2.72 bits per heavy atom. The van der Waals surface area contributed by atoms with E-state index in [4.69, 9.17) is 5.73 Å². The summed E-state index contributed by atoms with van der Waals surface area (Å²) in [5.41, 5.74) is 5.75. The van der Waals surface area contributed by atoms with Crippen molar-refractivity contribution in [3.05, 3.63) is 11.4 Å². The fourth-order valence-electron chi connectivity index (χ4n) is 2.31. The van der Waals surface area contributed by atoms with Crippen molar-refractivity contribution in [3.8, 4) is 0 Å². The van der Waals surface area contributed by atoms with Gasteiger partial charge in [0, 0.05) is 6.04 Å². The van der Waals surface area contributed by atoms with Gasteiger partial charge in [-0.05, 0) is 24.3 Å². The highest BCUT2D eigenvalue weighted by Crippen LogP contribution is 2.27. The molecule has 0 saturated heterocycles. The van der Waals surface area contributed by atoms with Crippen molar-refractivity contribution in [1.29, 1.82) is 0 Å². The van der Waals surface area contributed by atoms with Crippen molar-refractivity contribution in [1.82, 2.24) is 9.97 Å². The van der Waals surface area contributed by atoms with Gasteiger partial charge >= 0.3 is 0 Å². The van der Waals surface area contributed by atoms with E-state index in [0.717, 1.165) is 28.9 Å². The number of nitrogens with zero attached hydrogens (tertiary/aromatic N) is 2. The highest BCUT2D eigenvalue weighted by molar-refractivity contribution is 7.16. The van der Waals surface area contributed by atoms with E-state index in [1.165, 1.54) is 0 Å². The van der Waals surface area contributed by atoms with Gasteiger partial charge in [-0.25, -0.2) is 4.98 Å². The molecule has 0 saturated carbocycles. The first-order valence-corrected chi connectivity index (χ1v) is 7.30. The van der Waals surface area contributed by atoms with Crippen molar-refractivity contribution < 1.29 is 0 Å². The molecule has 18 heavy (non-hydrogen) atoms. The molecule has 5 heteroatoms. The van der Waals surface area contributed by atoms with Crippen molar-refractivity contribution in [2.24, 2.45) is 5.92 Å². The monoisotopic (exact) mass is 264 g/mol. The molecule has 2 rings (SSSR count). The number of hydrogen-bond donors (Lipinski definition) is 2. The lowest BCUT2D eigenvalue weighted by Gasteiger charge is -2.23. The topological polar surface area (TPSA) is 63.8 Å². The van der Waals surface area contributed by atoms with E-state index in [1.807, 2.05) is 11.4 Å². The van der Waals surface area contributed by atoms with Crippen LogP contribution in [0, 0.1) is 5.92 Å². The maximum absolute atomic E-state index is 5.75. The molecule has 0 aromatic carbocycles. The van der Waals surface area contributed by atoms with E-state index in [1.54, 1.807) is 11.3 Å². The lowest BCUT2D eigenvalue weighted by Crippen LogP contribution is -2.25. The van der Waals surface area contributed by atoms with Gasteiger partial charge < -0.3 is 11.1 Å². The molecule has 1 atom stereocenters. The highest BCUT2D eigenvalue weighted by atomic mass is 32.1. The van der Waals surface area contributed by atoms with Gasteiger partial charge in [0.05, 0.1) is 5.39 Å².